The van der Waals surface area contributed by atoms with Crippen molar-refractivity contribution < 1.29 is 13.2 Å². The predicted molar refractivity (Wildman–Crippen MR) is 81.2 cm³/mol. The number of sulfonamides is 1. The Labute approximate surface area is 126 Å². The van der Waals surface area contributed by atoms with Crippen molar-refractivity contribution >= 4 is 15.9 Å². The summed E-state index contributed by atoms with van der Waals surface area (Å²) in [6.07, 6.45) is 5.98. The number of nitrogens with two attached hydrogens (primary N) is 1. The van der Waals surface area contributed by atoms with E-state index in [-0.39, 0.29) is 23.3 Å². The maximum absolute atomic E-state index is 12.3. The van der Waals surface area contributed by atoms with Gasteiger partial charge >= 0.3 is 0 Å². The number of primary amides is 1. The molecule has 1 aliphatic carbocycles. The van der Waals surface area contributed by atoms with Crippen LogP contribution < -0.4 is 10.5 Å². The second kappa shape index (κ2) is 7.04. The minimum Gasteiger partial charge on any atom is -0.370 e. The number of carbonyl (C=O) groups is 1. The Kier molecular flexibility index (Phi) is 5.36. The molecular formula is C15H22N2O3S. The number of benzene rings is 1. The van der Waals surface area contributed by atoms with Crippen molar-refractivity contribution in [1.29, 1.82) is 0 Å². The van der Waals surface area contributed by atoms with Gasteiger partial charge in [-0.15, -0.1) is 0 Å². The molecule has 1 aromatic carbocycles. The third kappa shape index (κ3) is 4.82. The molecule has 0 aromatic heterocycles. The van der Waals surface area contributed by atoms with Crippen LogP contribution in [0.2, 0.25) is 0 Å². The first-order valence-electron chi connectivity index (χ1n) is 7.37. The molecule has 0 bridgehead atoms. The topological polar surface area (TPSA) is 89.3 Å². The fourth-order valence-corrected chi connectivity index (χ4v) is 3.92. The van der Waals surface area contributed by atoms with Crippen LogP contribution in [0.4, 0.5) is 0 Å². The number of nitrogens with one attached hydrogen (secondary N) is 1. The largest absolute Gasteiger partial charge is 0.370 e. The SMILES string of the molecule is NC(=O)CCc1ccc(S(=O)(=O)NC2CCCCC2)cc1. The molecule has 0 aliphatic heterocycles. The summed E-state index contributed by atoms with van der Waals surface area (Å²) in [6.45, 7) is 0. The van der Waals surface area contributed by atoms with Crippen LogP contribution in [0.15, 0.2) is 29.2 Å². The lowest BCUT2D eigenvalue weighted by Crippen LogP contribution is -2.36. The third-order valence-corrected chi connectivity index (χ3v) is 5.36. The van der Waals surface area contributed by atoms with Crippen molar-refractivity contribution in [3.63, 3.8) is 0 Å². The average molecular weight is 310 g/mol. The molecule has 0 radical (unpaired) electrons. The van der Waals surface area contributed by atoms with Gasteiger partial charge in [-0.3, -0.25) is 4.79 Å². The van der Waals surface area contributed by atoms with Crippen LogP contribution in [-0.2, 0) is 21.2 Å². The Balaban J connectivity index is 2.00. The molecule has 6 heteroatoms. The normalized spacial score (nSPS) is 16.8. The van der Waals surface area contributed by atoms with Gasteiger partial charge in [0.05, 0.1) is 4.90 Å². The molecule has 1 saturated carbocycles. The molecule has 1 aliphatic rings. The van der Waals surface area contributed by atoms with Crippen molar-refractivity contribution in [1.82, 2.24) is 4.72 Å². The fraction of sp³-hybridized carbons (Fsp3) is 0.533. The van der Waals surface area contributed by atoms with Crippen LogP contribution in [0.5, 0.6) is 0 Å². The van der Waals surface area contributed by atoms with E-state index < -0.39 is 10.0 Å². The second-order valence-electron chi connectivity index (χ2n) is 5.57. The van der Waals surface area contributed by atoms with E-state index in [1.807, 2.05) is 0 Å². The van der Waals surface area contributed by atoms with Crippen LogP contribution in [0.25, 0.3) is 0 Å². The lowest BCUT2D eigenvalue weighted by molar-refractivity contribution is -0.117. The van der Waals surface area contributed by atoms with Crippen molar-refractivity contribution in [2.75, 3.05) is 0 Å². The Morgan fingerprint density at radius 1 is 1.14 bits per heavy atom. The molecule has 3 N–H and O–H groups in total. The van der Waals surface area contributed by atoms with Crippen molar-refractivity contribution in [3.05, 3.63) is 29.8 Å². The van der Waals surface area contributed by atoms with Gasteiger partial charge in [0, 0.05) is 12.5 Å². The summed E-state index contributed by atoms with van der Waals surface area (Å²) in [4.78, 5) is 11.0. The number of hydrogen-bond acceptors (Lipinski definition) is 3. The lowest BCUT2D eigenvalue weighted by Gasteiger charge is -2.22. The molecule has 21 heavy (non-hydrogen) atoms. The van der Waals surface area contributed by atoms with Gasteiger partial charge in [-0.05, 0) is 37.0 Å². The highest BCUT2D eigenvalue weighted by Crippen LogP contribution is 2.20. The molecule has 0 spiro atoms. The summed E-state index contributed by atoms with van der Waals surface area (Å²) in [5.74, 6) is -0.356. The van der Waals surface area contributed by atoms with Gasteiger partial charge in [-0.25, -0.2) is 13.1 Å². The molecular weight excluding hydrogens is 288 g/mol. The summed E-state index contributed by atoms with van der Waals surface area (Å²) >= 11 is 0. The van der Waals surface area contributed by atoms with Gasteiger partial charge in [0.2, 0.25) is 15.9 Å². The monoisotopic (exact) mass is 310 g/mol. The van der Waals surface area contributed by atoms with Crippen LogP contribution in [0, 0.1) is 0 Å². The van der Waals surface area contributed by atoms with Crippen molar-refractivity contribution in [3.8, 4) is 0 Å². The van der Waals surface area contributed by atoms with Gasteiger partial charge in [-0.1, -0.05) is 31.4 Å². The zero-order valence-electron chi connectivity index (χ0n) is 12.0. The molecule has 0 saturated heterocycles. The van der Waals surface area contributed by atoms with E-state index in [1.54, 1.807) is 24.3 Å². The Bertz CT molecular complexity index is 575. The van der Waals surface area contributed by atoms with E-state index in [2.05, 4.69) is 4.72 Å². The van der Waals surface area contributed by atoms with E-state index in [9.17, 15) is 13.2 Å². The zero-order valence-corrected chi connectivity index (χ0v) is 12.9. The summed E-state index contributed by atoms with van der Waals surface area (Å²) in [7, 11) is -3.45. The van der Waals surface area contributed by atoms with Crippen LogP contribution >= 0.6 is 0 Å². The maximum atomic E-state index is 12.3. The average Bonchev–Trinajstić information content (AvgIpc) is 2.46. The minimum absolute atomic E-state index is 0.0540. The number of aryl methyl sites for hydroxylation is 1. The van der Waals surface area contributed by atoms with E-state index in [0.717, 1.165) is 31.2 Å². The summed E-state index contributed by atoms with van der Waals surface area (Å²) in [5.41, 5.74) is 6.01. The molecule has 5 nitrogen and oxygen atoms in total. The first-order valence-corrected chi connectivity index (χ1v) is 8.85. The molecule has 0 atom stereocenters. The van der Waals surface area contributed by atoms with E-state index in [1.165, 1.54) is 6.42 Å². The van der Waals surface area contributed by atoms with Crippen LogP contribution in [0.3, 0.4) is 0 Å². The highest BCUT2D eigenvalue weighted by molar-refractivity contribution is 7.89. The molecule has 1 amide bonds. The van der Waals surface area contributed by atoms with Crippen molar-refractivity contribution in [2.24, 2.45) is 5.73 Å². The molecule has 2 rings (SSSR count). The Morgan fingerprint density at radius 2 is 1.76 bits per heavy atom. The van der Waals surface area contributed by atoms with Gasteiger partial charge in [-0.2, -0.15) is 0 Å². The van der Waals surface area contributed by atoms with E-state index in [0.29, 0.717) is 6.42 Å². The first-order chi connectivity index (χ1) is 9.97. The van der Waals surface area contributed by atoms with Gasteiger partial charge in [0.25, 0.3) is 0 Å². The fourth-order valence-electron chi connectivity index (χ4n) is 2.61. The lowest BCUT2D eigenvalue weighted by atomic mass is 9.96. The van der Waals surface area contributed by atoms with E-state index >= 15 is 0 Å². The summed E-state index contributed by atoms with van der Waals surface area (Å²) in [6, 6.07) is 6.69. The Hall–Kier alpha value is -1.40. The molecule has 1 aromatic rings. The first kappa shape index (κ1) is 16.0. The van der Waals surface area contributed by atoms with Crippen LogP contribution in [0.1, 0.15) is 44.1 Å². The molecule has 0 heterocycles. The predicted octanol–water partition coefficient (Wildman–Crippen LogP) is 1.72. The summed E-state index contributed by atoms with van der Waals surface area (Å²) < 4.78 is 27.4. The van der Waals surface area contributed by atoms with Gasteiger partial charge in [0.1, 0.15) is 0 Å². The highest BCUT2D eigenvalue weighted by atomic mass is 32.2. The van der Waals surface area contributed by atoms with E-state index in [4.69, 9.17) is 5.73 Å². The smallest absolute Gasteiger partial charge is 0.240 e. The quantitative estimate of drug-likeness (QED) is 0.838. The molecule has 1 fully saturated rings. The standard InChI is InChI=1S/C15H22N2O3S/c16-15(18)11-8-12-6-9-14(10-7-12)21(19,20)17-13-4-2-1-3-5-13/h6-7,9-10,13,17H,1-5,8,11H2,(H2,16,18). The number of amides is 1. The second-order valence-corrected chi connectivity index (χ2v) is 7.28. The maximum Gasteiger partial charge on any atom is 0.240 e. The van der Waals surface area contributed by atoms with Crippen LogP contribution in [-0.4, -0.2) is 20.4 Å². The van der Waals surface area contributed by atoms with Gasteiger partial charge in [0.15, 0.2) is 0 Å². The molecule has 0 unspecified atom stereocenters. The highest BCUT2D eigenvalue weighted by Gasteiger charge is 2.21. The number of hydrogen-bond donors (Lipinski definition) is 2. The molecule has 116 valence electrons. The Morgan fingerprint density at radius 3 is 2.33 bits per heavy atom. The summed E-state index contributed by atoms with van der Waals surface area (Å²) in [5, 5.41) is 0. The van der Waals surface area contributed by atoms with Crippen molar-refractivity contribution in [2.45, 2.75) is 55.9 Å². The number of rotatable bonds is 6. The van der Waals surface area contributed by atoms with Gasteiger partial charge < -0.3 is 5.73 Å². The zero-order chi connectivity index (χ0) is 15.3. The third-order valence-electron chi connectivity index (χ3n) is 3.82. The number of carbonyl (C=O) groups excluding carboxylic acids is 1. The minimum atomic E-state index is -3.45.